The molecule has 0 fully saturated rings. The van der Waals surface area contributed by atoms with Crippen LogP contribution >= 0.6 is 0 Å². The molecule has 2 rings (SSSR count). The van der Waals surface area contributed by atoms with E-state index in [0.717, 1.165) is 11.0 Å². The Bertz CT molecular complexity index is 368. The summed E-state index contributed by atoms with van der Waals surface area (Å²) in [6.45, 7) is 0. The summed E-state index contributed by atoms with van der Waals surface area (Å²) in [6.07, 6.45) is 0. The van der Waals surface area contributed by atoms with E-state index in [1.807, 2.05) is 24.3 Å². The Kier molecular flexibility index (Phi) is 0.917. The molecule has 0 bridgehead atoms. The topological polar surface area (TPSA) is 48.6 Å². The van der Waals surface area contributed by atoms with Crippen molar-refractivity contribution in [3.63, 3.8) is 0 Å². The van der Waals surface area contributed by atoms with Crippen LogP contribution in [-0.4, -0.2) is 9.97 Å². The van der Waals surface area contributed by atoms with Gasteiger partial charge in [0.05, 0.1) is 11.0 Å². The average Bonchev–Trinajstić information content (AvgIpc) is 2.27. The molecule has 3 heteroatoms. The zero-order chi connectivity index (χ0) is 6.97. The van der Waals surface area contributed by atoms with Gasteiger partial charge in [-0.05, 0) is 12.1 Å². The maximum Gasteiger partial charge on any atom is 1.00 e. The van der Waals surface area contributed by atoms with Gasteiger partial charge in [-0.1, -0.05) is 12.1 Å². The molecule has 0 aliphatic rings. The fraction of sp³-hybridized carbons (Fsp3) is 0. The molecule has 1 aromatic carbocycles. The first-order chi connectivity index (χ1) is 4.86. The number of aromatic amines is 2. The fourth-order valence-corrected chi connectivity index (χ4v) is 0.977. The van der Waals surface area contributed by atoms with Gasteiger partial charge in [0.2, 0.25) is 0 Å². The van der Waals surface area contributed by atoms with E-state index >= 15 is 0 Å². The summed E-state index contributed by atoms with van der Waals surface area (Å²) in [6, 6.07) is 7.47. The Morgan fingerprint density at radius 1 is 1.10 bits per heavy atom. The summed E-state index contributed by atoms with van der Waals surface area (Å²) >= 11 is 0. The molecule has 1 heterocycles. The summed E-state index contributed by atoms with van der Waals surface area (Å²) in [7, 11) is 0. The largest absolute Gasteiger partial charge is 1.00 e. The van der Waals surface area contributed by atoms with Crippen LogP contribution in [0.2, 0.25) is 0 Å². The normalized spacial score (nSPS) is 10.4. The minimum Gasteiger partial charge on any atom is -0.306 e. The maximum atomic E-state index is 10.7. The average molecular weight is 135 g/mol. The van der Waals surface area contributed by atoms with Crippen molar-refractivity contribution >= 4 is 11.0 Å². The molecule has 1 aromatic heterocycles. The van der Waals surface area contributed by atoms with Gasteiger partial charge >= 0.3 is 7.12 Å². The predicted molar refractivity (Wildman–Crippen MR) is 40.0 cm³/mol. The van der Waals surface area contributed by atoms with Gasteiger partial charge in [-0.2, -0.15) is 0 Å². The highest BCUT2D eigenvalue weighted by molar-refractivity contribution is 5.73. The number of imidazole rings is 1. The summed E-state index contributed by atoms with van der Waals surface area (Å²) in [4.78, 5) is 16.0. The van der Waals surface area contributed by atoms with Crippen LogP contribution in [0.3, 0.4) is 0 Å². The lowest BCUT2D eigenvalue weighted by atomic mass is 10.3. The van der Waals surface area contributed by atoms with Crippen molar-refractivity contribution in [1.29, 1.82) is 0 Å². The number of hydrogen-bond acceptors (Lipinski definition) is 1. The first-order valence-electron chi connectivity index (χ1n) is 3.03. The van der Waals surface area contributed by atoms with Crippen LogP contribution < -0.4 is 5.69 Å². The standard InChI is InChI=1S/C7H6N2O/c10-7-8-5-3-1-2-4-6(5)9-7/h1-4H,(H2,8,9,10)/p+1. The third kappa shape index (κ3) is 0.639. The molecule has 0 radical (unpaired) electrons. The fourth-order valence-electron chi connectivity index (χ4n) is 0.977. The number of aromatic nitrogens is 2. The van der Waals surface area contributed by atoms with Crippen LogP contribution in [-0.2, 0) is 0 Å². The lowest BCUT2D eigenvalue weighted by Crippen LogP contribution is -1.99. The van der Waals surface area contributed by atoms with Crippen LogP contribution in [0.5, 0.6) is 0 Å². The number of rotatable bonds is 0. The first kappa shape index (κ1) is 5.29. The summed E-state index contributed by atoms with van der Waals surface area (Å²) in [5.41, 5.74) is 1.56. The number of fused-ring (bicyclic) bond motifs is 1. The number of H-pyrrole nitrogens is 2. The van der Waals surface area contributed by atoms with E-state index in [4.69, 9.17) is 0 Å². The van der Waals surface area contributed by atoms with Crippen molar-refractivity contribution in [2.75, 3.05) is 0 Å². The van der Waals surface area contributed by atoms with E-state index in [1.54, 1.807) is 0 Å². The van der Waals surface area contributed by atoms with Gasteiger partial charge in [-0.15, -0.1) is 0 Å². The smallest absolute Gasteiger partial charge is 0.306 e. The van der Waals surface area contributed by atoms with Crippen molar-refractivity contribution in [2.45, 2.75) is 0 Å². The van der Waals surface area contributed by atoms with Gasteiger partial charge in [-0.3, -0.25) is 0 Å². The molecule has 10 heavy (non-hydrogen) atoms. The first-order valence-corrected chi connectivity index (χ1v) is 3.03. The molecular formula is C7H7N2O+. The Labute approximate surface area is 58.2 Å². The number of para-hydroxylation sites is 2. The highest BCUT2D eigenvalue weighted by Crippen LogP contribution is 2.03. The maximum absolute atomic E-state index is 10.7. The third-order valence-corrected chi connectivity index (χ3v) is 1.42. The van der Waals surface area contributed by atoms with Crippen LogP contribution in [0, 0.1) is 0 Å². The number of benzene rings is 1. The Morgan fingerprint density at radius 3 is 2.10 bits per heavy atom. The van der Waals surface area contributed by atoms with Crippen molar-refractivity contribution in [1.82, 2.24) is 9.97 Å². The van der Waals surface area contributed by atoms with Gasteiger partial charge in [0.1, 0.15) is 0 Å². The van der Waals surface area contributed by atoms with E-state index in [9.17, 15) is 4.79 Å². The molecule has 0 spiro atoms. The molecule has 0 aliphatic carbocycles. The van der Waals surface area contributed by atoms with E-state index in [2.05, 4.69) is 9.97 Å². The zero-order valence-electron chi connectivity index (χ0n) is 6.22. The number of nitrogens with one attached hydrogen (secondary N) is 2. The van der Waals surface area contributed by atoms with E-state index < -0.39 is 0 Å². The van der Waals surface area contributed by atoms with Gasteiger partial charge in [0.25, 0.3) is 0 Å². The van der Waals surface area contributed by atoms with Gasteiger partial charge < -0.3 is 9.97 Å². The van der Waals surface area contributed by atoms with Crippen molar-refractivity contribution < 1.29 is 1.43 Å². The molecule has 50 valence electrons. The molecule has 0 saturated carbocycles. The lowest BCUT2D eigenvalue weighted by Gasteiger charge is -1.81. The van der Waals surface area contributed by atoms with E-state index in [-0.39, 0.29) is 7.12 Å². The molecular weight excluding hydrogens is 128 g/mol. The predicted octanol–water partition coefficient (Wildman–Crippen LogP) is 0.969. The minimum atomic E-state index is -0.152. The Morgan fingerprint density at radius 2 is 1.60 bits per heavy atom. The molecule has 2 aromatic rings. The van der Waals surface area contributed by atoms with E-state index in [1.165, 1.54) is 0 Å². The number of hydrogen-bond donors (Lipinski definition) is 2. The zero-order valence-corrected chi connectivity index (χ0v) is 5.22. The Balaban J connectivity index is 0.000000605. The summed E-state index contributed by atoms with van der Waals surface area (Å²) in [5.74, 6) is 0. The van der Waals surface area contributed by atoms with Crippen molar-refractivity contribution in [3.05, 3.63) is 34.7 Å². The highest BCUT2D eigenvalue weighted by atomic mass is 16.1. The third-order valence-electron chi connectivity index (χ3n) is 1.42. The molecule has 2 N–H and O–H groups in total. The second kappa shape index (κ2) is 1.73. The van der Waals surface area contributed by atoms with Gasteiger partial charge in [-0.25, -0.2) is 4.79 Å². The molecule has 0 saturated heterocycles. The SMILES string of the molecule is O=c1[nH]c2ccccc2[nH]1.[H+]. The van der Waals surface area contributed by atoms with Crippen LogP contribution in [0.4, 0.5) is 0 Å². The van der Waals surface area contributed by atoms with Crippen LogP contribution in [0.25, 0.3) is 11.0 Å². The summed E-state index contributed by atoms with van der Waals surface area (Å²) in [5, 5.41) is 0. The van der Waals surface area contributed by atoms with E-state index in [0.29, 0.717) is 0 Å². The molecule has 0 atom stereocenters. The Hall–Kier alpha value is -1.51. The lowest BCUT2D eigenvalue weighted by molar-refractivity contribution is 1.22. The molecule has 3 nitrogen and oxygen atoms in total. The highest BCUT2D eigenvalue weighted by Gasteiger charge is 1.92. The molecule has 0 aliphatic heterocycles. The molecule has 0 unspecified atom stereocenters. The minimum absolute atomic E-state index is 0. The monoisotopic (exact) mass is 135 g/mol. The quantitative estimate of drug-likeness (QED) is 0.555. The van der Waals surface area contributed by atoms with Crippen molar-refractivity contribution in [3.8, 4) is 0 Å². The van der Waals surface area contributed by atoms with Gasteiger partial charge in [0, 0.05) is 0 Å². The van der Waals surface area contributed by atoms with Crippen LogP contribution in [0.1, 0.15) is 1.43 Å². The second-order valence-corrected chi connectivity index (χ2v) is 2.12. The van der Waals surface area contributed by atoms with Crippen molar-refractivity contribution in [2.24, 2.45) is 0 Å². The summed E-state index contributed by atoms with van der Waals surface area (Å²) < 4.78 is 0. The molecule has 0 amide bonds. The van der Waals surface area contributed by atoms with Crippen LogP contribution in [0.15, 0.2) is 29.1 Å². The second-order valence-electron chi connectivity index (χ2n) is 2.12. The van der Waals surface area contributed by atoms with Gasteiger partial charge in [0.15, 0.2) is 0 Å².